The average molecular weight is 403 g/mol. The normalized spacial score (nSPS) is 18.9. The molecule has 2 aliphatic heterocycles. The van der Waals surface area contributed by atoms with Crippen LogP contribution in [-0.4, -0.2) is 47.1 Å². The molecule has 30 heavy (non-hydrogen) atoms. The quantitative estimate of drug-likeness (QED) is 0.684. The number of imidazole rings is 1. The number of hydrogen-bond donors (Lipinski definition) is 2. The van der Waals surface area contributed by atoms with Crippen LogP contribution in [0.3, 0.4) is 0 Å². The number of benzene rings is 2. The van der Waals surface area contributed by atoms with Gasteiger partial charge in [-0.25, -0.2) is 9.66 Å². The van der Waals surface area contributed by atoms with Gasteiger partial charge in [0.15, 0.2) is 5.69 Å². The zero-order valence-electron chi connectivity index (χ0n) is 16.9. The first-order chi connectivity index (χ1) is 14.6. The van der Waals surface area contributed by atoms with Crippen LogP contribution in [0, 0.1) is 5.92 Å². The van der Waals surface area contributed by atoms with Gasteiger partial charge in [-0.1, -0.05) is 18.2 Å². The Balaban J connectivity index is 1.47. The third-order valence-corrected chi connectivity index (χ3v) is 5.96. The van der Waals surface area contributed by atoms with E-state index in [9.17, 15) is 4.79 Å². The van der Waals surface area contributed by atoms with Gasteiger partial charge in [0, 0.05) is 31.1 Å². The Labute approximate surface area is 175 Å². The van der Waals surface area contributed by atoms with E-state index >= 15 is 0 Å². The van der Waals surface area contributed by atoms with Gasteiger partial charge in [-0.15, -0.1) is 0 Å². The van der Waals surface area contributed by atoms with Gasteiger partial charge in [0.1, 0.15) is 23.0 Å². The summed E-state index contributed by atoms with van der Waals surface area (Å²) < 4.78 is 7.69. The number of para-hydroxylation sites is 1. The van der Waals surface area contributed by atoms with Crippen LogP contribution in [0.5, 0.6) is 11.5 Å². The van der Waals surface area contributed by atoms with Crippen LogP contribution in [0.15, 0.2) is 54.6 Å². The predicted octanol–water partition coefficient (Wildman–Crippen LogP) is 3.03. The predicted molar refractivity (Wildman–Crippen MR) is 115 cm³/mol. The van der Waals surface area contributed by atoms with Crippen molar-refractivity contribution in [3.63, 3.8) is 0 Å². The largest absolute Gasteiger partial charge is 0.457 e. The maximum absolute atomic E-state index is 12.3. The minimum atomic E-state index is -0.479. The standard InChI is InChI=1S/C23H25N5O2/c1-27-13-16(14-27)19-11-12-25-28-21(22(24)29)20(26-23(19)28)15-7-9-18(10-8-15)30-17-5-3-2-4-6-17/h2-10,16,19,25H,11-14H2,1H3,(H2,24,29). The Kier molecular flexibility index (Phi) is 4.67. The molecule has 7 nitrogen and oxygen atoms in total. The SMILES string of the molecule is CN1CC(C2CCNn3c2nc(-c2ccc(Oc4ccccc4)cc2)c3C(N)=O)C1. The van der Waals surface area contributed by atoms with Gasteiger partial charge in [0.25, 0.3) is 5.91 Å². The van der Waals surface area contributed by atoms with Gasteiger partial charge in [-0.05, 0) is 55.8 Å². The minimum Gasteiger partial charge on any atom is -0.457 e. The number of carbonyl (C=O) groups excluding carboxylic acids is 1. The number of hydrogen-bond acceptors (Lipinski definition) is 5. The first kappa shape index (κ1) is 18.7. The summed E-state index contributed by atoms with van der Waals surface area (Å²) in [5.74, 6) is 2.82. The number of nitrogens with two attached hydrogens (primary N) is 1. The van der Waals surface area contributed by atoms with Crippen molar-refractivity contribution >= 4 is 5.91 Å². The second-order valence-corrected chi connectivity index (χ2v) is 8.09. The van der Waals surface area contributed by atoms with E-state index in [4.69, 9.17) is 15.5 Å². The molecule has 1 atom stereocenters. The first-order valence-corrected chi connectivity index (χ1v) is 10.3. The van der Waals surface area contributed by atoms with Gasteiger partial charge in [0.2, 0.25) is 0 Å². The highest BCUT2D eigenvalue weighted by Gasteiger charge is 2.38. The van der Waals surface area contributed by atoms with Crippen molar-refractivity contribution in [1.29, 1.82) is 0 Å². The molecule has 2 aliphatic rings. The van der Waals surface area contributed by atoms with E-state index in [1.165, 1.54) is 0 Å². The highest BCUT2D eigenvalue weighted by Crippen LogP contribution is 2.38. The summed E-state index contributed by atoms with van der Waals surface area (Å²) >= 11 is 0. The van der Waals surface area contributed by atoms with E-state index in [2.05, 4.69) is 17.4 Å². The smallest absolute Gasteiger partial charge is 0.269 e. The molecular formula is C23H25N5O2. The molecule has 3 N–H and O–H groups in total. The summed E-state index contributed by atoms with van der Waals surface area (Å²) in [4.78, 5) is 19.5. The summed E-state index contributed by atoms with van der Waals surface area (Å²) in [6.45, 7) is 2.92. The van der Waals surface area contributed by atoms with Crippen LogP contribution in [0.2, 0.25) is 0 Å². The lowest BCUT2D eigenvalue weighted by molar-refractivity contribution is 0.0974. The zero-order valence-corrected chi connectivity index (χ0v) is 16.9. The Morgan fingerprint density at radius 2 is 1.80 bits per heavy atom. The first-order valence-electron chi connectivity index (χ1n) is 10.3. The van der Waals surface area contributed by atoms with E-state index in [1.54, 1.807) is 0 Å². The second kappa shape index (κ2) is 7.50. The molecule has 1 saturated heterocycles. The van der Waals surface area contributed by atoms with Crippen LogP contribution in [-0.2, 0) is 0 Å². The van der Waals surface area contributed by atoms with Crippen molar-refractivity contribution in [2.45, 2.75) is 12.3 Å². The Morgan fingerprint density at radius 3 is 2.47 bits per heavy atom. The highest BCUT2D eigenvalue weighted by atomic mass is 16.5. The number of nitrogens with one attached hydrogen (secondary N) is 1. The summed E-state index contributed by atoms with van der Waals surface area (Å²) in [5, 5.41) is 0. The molecule has 2 aromatic carbocycles. The maximum Gasteiger partial charge on any atom is 0.269 e. The van der Waals surface area contributed by atoms with Crippen molar-refractivity contribution in [2.75, 3.05) is 32.1 Å². The molecule has 154 valence electrons. The third kappa shape index (κ3) is 3.31. The molecule has 1 aromatic heterocycles. The fourth-order valence-electron chi connectivity index (χ4n) is 4.49. The third-order valence-electron chi connectivity index (χ3n) is 5.96. The minimum absolute atomic E-state index is 0.329. The van der Waals surface area contributed by atoms with E-state index in [0.717, 1.165) is 48.9 Å². The van der Waals surface area contributed by atoms with Gasteiger partial charge < -0.3 is 20.8 Å². The lowest BCUT2D eigenvalue weighted by atomic mass is 9.82. The lowest BCUT2D eigenvalue weighted by Crippen LogP contribution is -2.49. The molecule has 3 aromatic rings. The molecule has 0 bridgehead atoms. The van der Waals surface area contributed by atoms with E-state index in [0.29, 0.717) is 23.2 Å². The van der Waals surface area contributed by atoms with Crippen LogP contribution < -0.4 is 15.9 Å². The molecule has 1 unspecified atom stereocenters. The number of aromatic nitrogens is 2. The summed E-state index contributed by atoms with van der Waals surface area (Å²) in [7, 11) is 2.13. The van der Waals surface area contributed by atoms with Crippen molar-refractivity contribution in [2.24, 2.45) is 11.7 Å². The van der Waals surface area contributed by atoms with Crippen LogP contribution in [0.25, 0.3) is 11.3 Å². The van der Waals surface area contributed by atoms with Crippen LogP contribution in [0.4, 0.5) is 0 Å². The summed E-state index contributed by atoms with van der Waals surface area (Å²) in [6.07, 6.45) is 1.01. The van der Waals surface area contributed by atoms with Crippen molar-refractivity contribution in [1.82, 2.24) is 14.6 Å². The molecule has 1 fully saturated rings. The fraction of sp³-hybridized carbons (Fsp3) is 0.304. The molecule has 3 heterocycles. The van der Waals surface area contributed by atoms with E-state index in [1.807, 2.05) is 59.3 Å². The average Bonchev–Trinajstić information content (AvgIpc) is 3.13. The number of fused-ring (bicyclic) bond motifs is 1. The number of nitrogens with zero attached hydrogens (tertiary/aromatic N) is 3. The number of carbonyl (C=O) groups is 1. The van der Waals surface area contributed by atoms with Crippen LogP contribution >= 0.6 is 0 Å². The number of likely N-dealkylation sites (tertiary alicyclic amines) is 1. The summed E-state index contributed by atoms with van der Waals surface area (Å²) in [5.41, 5.74) is 11.0. The topological polar surface area (TPSA) is 85.4 Å². The maximum atomic E-state index is 12.3. The van der Waals surface area contributed by atoms with E-state index in [-0.39, 0.29) is 0 Å². The monoisotopic (exact) mass is 403 g/mol. The van der Waals surface area contributed by atoms with Gasteiger partial charge >= 0.3 is 0 Å². The molecule has 0 aliphatic carbocycles. The van der Waals surface area contributed by atoms with Crippen molar-refractivity contribution < 1.29 is 9.53 Å². The lowest BCUT2D eigenvalue weighted by Gasteiger charge is -2.42. The molecule has 0 spiro atoms. The van der Waals surface area contributed by atoms with Crippen LogP contribution in [0.1, 0.15) is 28.7 Å². The van der Waals surface area contributed by atoms with Gasteiger partial charge in [0.05, 0.1) is 0 Å². The number of amides is 1. The molecule has 7 heteroatoms. The molecule has 0 radical (unpaired) electrons. The number of primary amides is 1. The number of ether oxygens (including phenoxy) is 1. The highest BCUT2D eigenvalue weighted by molar-refractivity contribution is 5.97. The van der Waals surface area contributed by atoms with Crippen molar-refractivity contribution in [3.8, 4) is 22.8 Å². The Hall–Kier alpha value is -3.32. The molecule has 5 rings (SSSR count). The van der Waals surface area contributed by atoms with Crippen molar-refractivity contribution in [3.05, 3.63) is 66.1 Å². The second-order valence-electron chi connectivity index (χ2n) is 8.09. The fourth-order valence-corrected chi connectivity index (χ4v) is 4.49. The van der Waals surface area contributed by atoms with E-state index < -0.39 is 5.91 Å². The summed E-state index contributed by atoms with van der Waals surface area (Å²) in [6, 6.07) is 17.2. The molecule has 1 amide bonds. The van der Waals surface area contributed by atoms with Gasteiger partial charge in [-0.2, -0.15) is 0 Å². The number of rotatable bonds is 5. The molecule has 0 saturated carbocycles. The molecular weight excluding hydrogens is 378 g/mol. The van der Waals surface area contributed by atoms with Gasteiger partial charge in [-0.3, -0.25) is 4.79 Å². The Bertz CT molecular complexity index is 1060. The zero-order chi connectivity index (χ0) is 20.7. The Morgan fingerprint density at radius 1 is 1.10 bits per heavy atom.